The van der Waals surface area contributed by atoms with Crippen molar-refractivity contribution in [2.24, 2.45) is 5.92 Å². The zero-order chi connectivity index (χ0) is 17.1. The van der Waals surface area contributed by atoms with Gasteiger partial charge in [0.2, 0.25) is 12.7 Å². The van der Waals surface area contributed by atoms with Crippen LogP contribution < -0.4 is 14.8 Å². The van der Waals surface area contributed by atoms with E-state index in [9.17, 15) is 4.79 Å². The predicted molar refractivity (Wildman–Crippen MR) is 95.8 cm³/mol. The fraction of sp³-hybridized carbons (Fsp3) is 0.381. The van der Waals surface area contributed by atoms with Gasteiger partial charge in [-0.3, -0.25) is 4.79 Å². The normalized spacial score (nSPS) is 16.5. The van der Waals surface area contributed by atoms with Crippen LogP contribution in [0.25, 0.3) is 0 Å². The Bertz CT molecular complexity index is 740. The topological polar surface area (TPSA) is 47.6 Å². The quantitative estimate of drug-likeness (QED) is 0.839. The number of carbonyl (C=O) groups is 1. The second kappa shape index (κ2) is 7.18. The van der Waals surface area contributed by atoms with E-state index in [1.165, 1.54) is 18.4 Å². The predicted octanol–water partition coefficient (Wildman–Crippen LogP) is 3.66. The smallest absolute Gasteiger partial charge is 0.231 e. The van der Waals surface area contributed by atoms with Gasteiger partial charge in [0, 0.05) is 13.0 Å². The summed E-state index contributed by atoms with van der Waals surface area (Å²) in [7, 11) is 0. The van der Waals surface area contributed by atoms with Crippen molar-refractivity contribution in [1.82, 2.24) is 5.32 Å². The summed E-state index contributed by atoms with van der Waals surface area (Å²) < 4.78 is 10.7. The molecule has 0 saturated heterocycles. The Morgan fingerprint density at radius 2 is 1.88 bits per heavy atom. The van der Waals surface area contributed by atoms with E-state index in [0.717, 1.165) is 23.5 Å². The minimum Gasteiger partial charge on any atom is -0.454 e. The third-order valence-electron chi connectivity index (χ3n) is 5.00. The van der Waals surface area contributed by atoms with E-state index in [1.807, 2.05) is 24.3 Å². The lowest BCUT2D eigenvalue weighted by Gasteiger charge is -2.16. The standard InChI is InChI=1S/C21H23NO3/c23-21(13-18(17-7-8-17)16-4-2-1-3-5-16)22-11-10-15-6-9-19-20(12-15)25-14-24-19/h1-6,9,12,17-18H,7-8,10-11,13-14H2,(H,22,23). The molecule has 4 heteroatoms. The highest BCUT2D eigenvalue weighted by Gasteiger charge is 2.33. The van der Waals surface area contributed by atoms with Gasteiger partial charge in [-0.1, -0.05) is 36.4 Å². The van der Waals surface area contributed by atoms with Gasteiger partial charge in [0.1, 0.15) is 0 Å². The lowest BCUT2D eigenvalue weighted by molar-refractivity contribution is -0.121. The van der Waals surface area contributed by atoms with Gasteiger partial charge < -0.3 is 14.8 Å². The van der Waals surface area contributed by atoms with Gasteiger partial charge in [-0.05, 0) is 54.4 Å². The van der Waals surface area contributed by atoms with Gasteiger partial charge in [-0.15, -0.1) is 0 Å². The van der Waals surface area contributed by atoms with Crippen LogP contribution in [-0.4, -0.2) is 19.2 Å². The number of amides is 1. The van der Waals surface area contributed by atoms with Crippen molar-refractivity contribution in [1.29, 1.82) is 0 Å². The molecule has 130 valence electrons. The molecule has 25 heavy (non-hydrogen) atoms. The molecular formula is C21H23NO3. The third-order valence-corrected chi connectivity index (χ3v) is 5.00. The first-order valence-electron chi connectivity index (χ1n) is 9.00. The van der Waals surface area contributed by atoms with Crippen molar-refractivity contribution < 1.29 is 14.3 Å². The number of fused-ring (bicyclic) bond motifs is 1. The van der Waals surface area contributed by atoms with E-state index >= 15 is 0 Å². The summed E-state index contributed by atoms with van der Waals surface area (Å²) in [6, 6.07) is 16.4. The van der Waals surface area contributed by atoms with Crippen LogP contribution in [0, 0.1) is 5.92 Å². The van der Waals surface area contributed by atoms with E-state index < -0.39 is 0 Å². The maximum Gasteiger partial charge on any atom is 0.231 e. The first-order valence-corrected chi connectivity index (χ1v) is 9.00. The highest BCUT2D eigenvalue weighted by molar-refractivity contribution is 5.77. The maximum absolute atomic E-state index is 12.4. The average molecular weight is 337 g/mol. The van der Waals surface area contributed by atoms with Crippen molar-refractivity contribution in [2.45, 2.75) is 31.6 Å². The lowest BCUT2D eigenvalue weighted by Crippen LogP contribution is -2.27. The van der Waals surface area contributed by atoms with Crippen LogP contribution in [0.1, 0.15) is 36.3 Å². The molecule has 1 aliphatic heterocycles. The highest BCUT2D eigenvalue weighted by Crippen LogP contribution is 2.44. The van der Waals surface area contributed by atoms with Crippen LogP contribution in [0.15, 0.2) is 48.5 Å². The summed E-state index contributed by atoms with van der Waals surface area (Å²) >= 11 is 0. The first-order chi connectivity index (χ1) is 12.3. The number of hydrogen-bond donors (Lipinski definition) is 1. The fourth-order valence-electron chi connectivity index (χ4n) is 3.47. The molecule has 1 atom stereocenters. The van der Waals surface area contributed by atoms with E-state index in [-0.39, 0.29) is 12.7 Å². The van der Waals surface area contributed by atoms with Crippen LogP contribution in [0.4, 0.5) is 0 Å². The summed E-state index contributed by atoms with van der Waals surface area (Å²) in [6.45, 7) is 0.933. The molecule has 4 nitrogen and oxygen atoms in total. The second-order valence-corrected chi connectivity index (χ2v) is 6.85. The SMILES string of the molecule is O=C(CC(c1ccccc1)C1CC1)NCCc1ccc2c(c1)OCO2. The second-order valence-electron chi connectivity index (χ2n) is 6.85. The molecule has 1 aliphatic carbocycles. The average Bonchev–Trinajstić information content (AvgIpc) is 3.37. The van der Waals surface area contributed by atoms with E-state index in [0.29, 0.717) is 24.8 Å². The minimum atomic E-state index is 0.140. The van der Waals surface area contributed by atoms with Crippen molar-refractivity contribution in [3.63, 3.8) is 0 Å². The molecule has 1 unspecified atom stereocenters. The molecular weight excluding hydrogens is 314 g/mol. The highest BCUT2D eigenvalue weighted by atomic mass is 16.7. The van der Waals surface area contributed by atoms with Crippen LogP contribution in [0.3, 0.4) is 0 Å². The molecule has 1 N–H and O–H groups in total. The summed E-state index contributed by atoms with van der Waals surface area (Å²) in [5.41, 5.74) is 2.43. The van der Waals surface area contributed by atoms with Gasteiger partial charge in [0.25, 0.3) is 0 Å². The van der Waals surface area contributed by atoms with E-state index in [1.54, 1.807) is 0 Å². The Morgan fingerprint density at radius 1 is 1.08 bits per heavy atom. The van der Waals surface area contributed by atoms with Crippen LogP contribution in [0.2, 0.25) is 0 Å². The molecule has 2 aromatic carbocycles. The molecule has 0 spiro atoms. The number of nitrogens with one attached hydrogen (secondary N) is 1. The first kappa shape index (κ1) is 16.0. The van der Waals surface area contributed by atoms with Gasteiger partial charge in [-0.2, -0.15) is 0 Å². The molecule has 2 aromatic rings. The summed E-state index contributed by atoms with van der Waals surface area (Å²) in [6.07, 6.45) is 3.85. The van der Waals surface area contributed by atoms with Crippen molar-refractivity contribution in [3.8, 4) is 11.5 Å². The monoisotopic (exact) mass is 337 g/mol. The van der Waals surface area contributed by atoms with E-state index in [4.69, 9.17) is 9.47 Å². The van der Waals surface area contributed by atoms with Crippen LogP contribution in [0.5, 0.6) is 11.5 Å². The molecule has 1 heterocycles. The zero-order valence-electron chi connectivity index (χ0n) is 14.2. The Kier molecular flexibility index (Phi) is 4.59. The van der Waals surface area contributed by atoms with Crippen molar-refractivity contribution in [3.05, 3.63) is 59.7 Å². The largest absolute Gasteiger partial charge is 0.454 e. The van der Waals surface area contributed by atoms with E-state index in [2.05, 4.69) is 29.6 Å². The van der Waals surface area contributed by atoms with Crippen molar-refractivity contribution in [2.75, 3.05) is 13.3 Å². The van der Waals surface area contributed by atoms with Crippen LogP contribution in [-0.2, 0) is 11.2 Å². The summed E-state index contributed by atoms with van der Waals surface area (Å²) in [4.78, 5) is 12.4. The molecule has 4 rings (SSSR count). The Hall–Kier alpha value is -2.49. The minimum absolute atomic E-state index is 0.140. The molecule has 0 aromatic heterocycles. The summed E-state index contributed by atoms with van der Waals surface area (Å²) in [5.74, 6) is 2.75. The van der Waals surface area contributed by atoms with Gasteiger partial charge in [0.15, 0.2) is 11.5 Å². The number of hydrogen-bond acceptors (Lipinski definition) is 3. The van der Waals surface area contributed by atoms with Gasteiger partial charge in [0.05, 0.1) is 0 Å². The third kappa shape index (κ3) is 3.95. The molecule has 1 saturated carbocycles. The van der Waals surface area contributed by atoms with Gasteiger partial charge >= 0.3 is 0 Å². The van der Waals surface area contributed by atoms with Crippen LogP contribution >= 0.6 is 0 Å². The van der Waals surface area contributed by atoms with Crippen molar-refractivity contribution >= 4 is 5.91 Å². The lowest BCUT2D eigenvalue weighted by atomic mass is 9.91. The number of benzene rings is 2. The molecule has 1 fully saturated rings. The fourth-order valence-corrected chi connectivity index (χ4v) is 3.47. The number of rotatable bonds is 7. The number of ether oxygens (including phenoxy) is 2. The number of carbonyl (C=O) groups excluding carboxylic acids is 1. The zero-order valence-corrected chi connectivity index (χ0v) is 14.2. The summed E-state index contributed by atoms with van der Waals surface area (Å²) in [5, 5.41) is 3.07. The maximum atomic E-state index is 12.4. The Morgan fingerprint density at radius 3 is 2.68 bits per heavy atom. The molecule has 0 bridgehead atoms. The Labute approximate surface area is 148 Å². The molecule has 2 aliphatic rings. The molecule has 1 amide bonds. The molecule has 0 radical (unpaired) electrons. The Balaban J connectivity index is 1.28. The van der Waals surface area contributed by atoms with Gasteiger partial charge in [-0.25, -0.2) is 0 Å².